The summed E-state index contributed by atoms with van der Waals surface area (Å²) in [5.41, 5.74) is -5.19. The summed E-state index contributed by atoms with van der Waals surface area (Å²) in [5, 5.41) is -0.578. The number of alkyl halides is 7. The van der Waals surface area contributed by atoms with Crippen LogP contribution in [0.1, 0.15) is 5.56 Å². The Morgan fingerprint density at radius 1 is 0.900 bits per heavy atom. The van der Waals surface area contributed by atoms with Gasteiger partial charge in [0.05, 0.1) is 10.7 Å². The highest BCUT2D eigenvalue weighted by Gasteiger charge is 2.73. The molecule has 1 aromatic carbocycles. The maximum atomic E-state index is 13.7. The van der Waals surface area contributed by atoms with Crippen LogP contribution in [0.15, 0.2) is 18.2 Å². The van der Waals surface area contributed by atoms with Gasteiger partial charge in [0.25, 0.3) is 0 Å². The Balaban J connectivity index is 3.42. The van der Waals surface area contributed by atoms with Crippen LogP contribution in [0, 0.1) is 0 Å². The van der Waals surface area contributed by atoms with Crippen LogP contribution >= 0.6 is 23.4 Å². The topological polar surface area (TPSA) is 24.1 Å². The van der Waals surface area contributed by atoms with E-state index < -0.39 is 28.6 Å². The van der Waals surface area contributed by atoms with E-state index in [1.165, 1.54) is 0 Å². The molecule has 1 aromatic rings. The Labute approximate surface area is 117 Å². The number of hydrogen-bond donors (Lipinski definition) is 2. The lowest BCUT2D eigenvalue weighted by Crippen LogP contribution is -2.50. The molecule has 0 heterocycles. The highest BCUT2D eigenvalue weighted by Crippen LogP contribution is 2.53. The van der Waals surface area contributed by atoms with Gasteiger partial charge in [-0.15, -0.1) is 4.94 Å². The molecule has 20 heavy (non-hydrogen) atoms. The van der Waals surface area contributed by atoms with Crippen molar-refractivity contribution in [3.05, 3.63) is 28.8 Å². The van der Waals surface area contributed by atoms with Gasteiger partial charge in [0, 0.05) is 5.56 Å². The normalized spacial score (nSPS) is 13.4. The van der Waals surface area contributed by atoms with E-state index in [-0.39, 0.29) is 11.8 Å². The quantitative estimate of drug-likeness (QED) is 0.471. The van der Waals surface area contributed by atoms with Crippen molar-refractivity contribution >= 4 is 29.1 Å². The van der Waals surface area contributed by atoms with Gasteiger partial charge >= 0.3 is 18.0 Å². The average Bonchev–Trinajstić information content (AvgIpc) is 2.28. The SMILES string of the molecule is FC(F)(F)C(F)(c1ccc(NNCl)c(Cl)c1)C(F)(F)F. The zero-order valence-electron chi connectivity index (χ0n) is 9.13. The first-order valence-electron chi connectivity index (χ1n) is 4.69. The lowest BCUT2D eigenvalue weighted by Gasteiger charge is -2.30. The number of nitrogens with one attached hydrogen (secondary N) is 2. The molecule has 0 saturated heterocycles. The number of rotatable bonds is 3. The van der Waals surface area contributed by atoms with E-state index in [4.69, 9.17) is 23.4 Å². The minimum absolute atomic E-state index is 0.128. The minimum atomic E-state index is -6.19. The van der Waals surface area contributed by atoms with Crippen LogP contribution in [0.25, 0.3) is 0 Å². The fourth-order valence-electron chi connectivity index (χ4n) is 1.37. The van der Waals surface area contributed by atoms with Crippen LogP contribution in [0.4, 0.5) is 36.4 Å². The molecule has 0 spiro atoms. The van der Waals surface area contributed by atoms with Gasteiger partial charge in [-0.2, -0.15) is 26.3 Å². The average molecular weight is 345 g/mol. The lowest BCUT2D eigenvalue weighted by atomic mass is 9.94. The second-order valence-electron chi connectivity index (χ2n) is 3.57. The summed E-state index contributed by atoms with van der Waals surface area (Å²) in [4.78, 5) is 1.84. The van der Waals surface area contributed by atoms with E-state index in [1.54, 1.807) is 0 Å². The van der Waals surface area contributed by atoms with Gasteiger partial charge in [-0.3, -0.25) is 0 Å². The Morgan fingerprint density at radius 3 is 1.75 bits per heavy atom. The summed E-state index contributed by atoms with van der Waals surface area (Å²) < 4.78 is 88.5. The van der Waals surface area contributed by atoms with Crippen molar-refractivity contribution in [2.75, 3.05) is 5.43 Å². The Bertz CT molecular complexity index is 472. The predicted octanol–water partition coefficient (Wildman–Crippen LogP) is 4.70. The zero-order valence-corrected chi connectivity index (χ0v) is 10.6. The number of hydrogen-bond acceptors (Lipinski definition) is 2. The summed E-state index contributed by atoms with van der Waals surface area (Å²) >= 11 is 10.5. The second-order valence-corrected chi connectivity index (χ2v) is 4.16. The molecular formula is C9H5Cl2F7N2. The van der Waals surface area contributed by atoms with Crippen LogP contribution in [0.5, 0.6) is 0 Å². The summed E-state index contributed by atoms with van der Waals surface area (Å²) in [6.07, 6.45) is -12.4. The van der Waals surface area contributed by atoms with Crippen LogP contribution in [-0.4, -0.2) is 12.4 Å². The molecule has 1 rings (SSSR count). The maximum absolute atomic E-state index is 13.7. The molecule has 114 valence electrons. The Morgan fingerprint density at radius 2 is 1.40 bits per heavy atom. The van der Waals surface area contributed by atoms with E-state index in [2.05, 4.69) is 5.43 Å². The number of anilines is 1. The summed E-state index contributed by atoms with van der Waals surface area (Å²) in [7, 11) is 0. The van der Waals surface area contributed by atoms with E-state index in [1.807, 2.05) is 4.94 Å². The van der Waals surface area contributed by atoms with Crippen molar-refractivity contribution in [2.45, 2.75) is 18.0 Å². The second kappa shape index (κ2) is 5.45. The molecule has 11 heteroatoms. The molecule has 0 aliphatic rings. The molecule has 0 saturated carbocycles. The molecule has 0 aliphatic heterocycles. The fraction of sp³-hybridized carbons (Fsp3) is 0.333. The smallest absolute Gasteiger partial charge is 0.306 e. The molecule has 0 fully saturated rings. The molecule has 0 aliphatic carbocycles. The maximum Gasteiger partial charge on any atom is 0.435 e. The monoisotopic (exact) mass is 344 g/mol. The van der Waals surface area contributed by atoms with E-state index in [0.29, 0.717) is 6.07 Å². The van der Waals surface area contributed by atoms with Crippen molar-refractivity contribution < 1.29 is 30.7 Å². The number of benzene rings is 1. The van der Waals surface area contributed by atoms with Crippen LogP contribution in [-0.2, 0) is 5.67 Å². The first kappa shape index (κ1) is 17.1. The van der Waals surface area contributed by atoms with Crippen LogP contribution in [0.3, 0.4) is 0 Å². The highest BCUT2D eigenvalue weighted by atomic mass is 35.5. The Kier molecular flexibility index (Phi) is 4.67. The van der Waals surface area contributed by atoms with Crippen molar-refractivity contribution in [3.63, 3.8) is 0 Å². The third-order valence-electron chi connectivity index (χ3n) is 2.33. The van der Waals surface area contributed by atoms with Crippen molar-refractivity contribution in [1.29, 1.82) is 0 Å². The van der Waals surface area contributed by atoms with Gasteiger partial charge in [-0.1, -0.05) is 17.7 Å². The summed E-state index contributed by atoms with van der Waals surface area (Å²) in [6, 6.07) is 1.25. The number of hydrazine groups is 1. The van der Waals surface area contributed by atoms with Gasteiger partial charge in [0.15, 0.2) is 0 Å². The molecule has 0 radical (unpaired) electrons. The predicted molar refractivity (Wildman–Crippen MR) is 59.0 cm³/mol. The lowest BCUT2D eigenvalue weighted by molar-refractivity contribution is -0.348. The summed E-state index contributed by atoms with van der Waals surface area (Å²) in [6.45, 7) is 0. The molecule has 0 amide bonds. The molecule has 0 aromatic heterocycles. The number of halogens is 9. The molecule has 0 bridgehead atoms. The Hall–Kier alpha value is -0.930. The third-order valence-corrected chi connectivity index (χ3v) is 2.74. The third kappa shape index (κ3) is 2.89. The van der Waals surface area contributed by atoms with Crippen LogP contribution < -0.4 is 10.4 Å². The standard InChI is InChI=1S/C9H5Cl2F7N2/c10-5-3-4(1-2-6(5)19-20-11)7(12,8(13,14)15)9(16,17)18/h1-3,19-20H. The highest BCUT2D eigenvalue weighted by molar-refractivity contribution is 6.33. The van der Waals surface area contributed by atoms with Gasteiger partial charge in [0.1, 0.15) is 0 Å². The van der Waals surface area contributed by atoms with Gasteiger partial charge in [-0.25, -0.2) is 4.39 Å². The van der Waals surface area contributed by atoms with Gasteiger partial charge in [-0.05, 0) is 23.9 Å². The van der Waals surface area contributed by atoms with E-state index in [0.717, 1.165) is 6.07 Å². The molecule has 0 atom stereocenters. The minimum Gasteiger partial charge on any atom is -0.306 e. The molecule has 2 N–H and O–H groups in total. The van der Waals surface area contributed by atoms with Crippen molar-refractivity contribution in [1.82, 2.24) is 4.94 Å². The molecular weight excluding hydrogens is 340 g/mol. The largest absolute Gasteiger partial charge is 0.435 e. The first-order valence-corrected chi connectivity index (χ1v) is 5.44. The molecule has 0 unspecified atom stereocenters. The van der Waals surface area contributed by atoms with Crippen molar-refractivity contribution in [2.24, 2.45) is 0 Å². The van der Waals surface area contributed by atoms with Crippen molar-refractivity contribution in [3.8, 4) is 0 Å². The fourth-order valence-corrected chi connectivity index (χ4v) is 1.70. The van der Waals surface area contributed by atoms with Gasteiger partial charge in [0.2, 0.25) is 0 Å². The molecule has 2 nitrogen and oxygen atoms in total. The summed E-state index contributed by atoms with van der Waals surface area (Å²) in [5.74, 6) is 0. The van der Waals surface area contributed by atoms with E-state index in [9.17, 15) is 30.7 Å². The van der Waals surface area contributed by atoms with E-state index >= 15 is 0 Å². The first-order chi connectivity index (χ1) is 8.95. The van der Waals surface area contributed by atoms with Gasteiger partial charge < -0.3 is 5.43 Å². The zero-order chi connectivity index (χ0) is 15.8. The van der Waals surface area contributed by atoms with Crippen LogP contribution in [0.2, 0.25) is 5.02 Å².